The summed E-state index contributed by atoms with van der Waals surface area (Å²) in [5.41, 5.74) is 2.55. The highest BCUT2D eigenvalue weighted by Crippen LogP contribution is 2.20. The summed E-state index contributed by atoms with van der Waals surface area (Å²) in [4.78, 5) is 12.9. The van der Waals surface area contributed by atoms with Crippen LogP contribution in [0.2, 0.25) is 0 Å². The fraction of sp³-hybridized carbons (Fsp3) is 0.478. The Labute approximate surface area is 179 Å². The lowest BCUT2D eigenvalue weighted by molar-refractivity contribution is 0.296. The lowest BCUT2D eigenvalue weighted by atomic mass is 10.1. The van der Waals surface area contributed by atoms with Gasteiger partial charge in [-0.2, -0.15) is 0 Å². The molecular formula is C23H33FN6. The number of rotatable bonds is 8. The van der Waals surface area contributed by atoms with Gasteiger partial charge in [-0.15, -0.1) is 0 Å². The molecule has 1 aliphatic heterocycles. The Kier molecular flexibility index (Phi) is 8.02. The summed E-state index contributed by atoms with van der Waals surface area (Å²) in [6, 6.07) is 11.9. The average molecular weight is 413 g/mol. The standard InChI is InChI=1S/C23H33FN6/c1-4-29(5-2)16-19-9-6-8-18(14-19)15-27-23(25-3)28-20-11-13-30(17-20)22-21(24)10-7-12-26-22/h6-10,12,14,20H,4-5,11,13,15-17H2,1-3H3,(H2,25,27,28). The van der Waals surface area contributed by atoms with Crippen LogP contribution in [-0.4, -0.2) is 55.1 Å². The molecule has 30 heavy (non-hydrogen) atoms. The van der Waals surface area contributed by atoms with E-state index in [0.29, 0.717) is 18.9 Å². The highest BCUT2D eigenvalue weighted by atomic mass is 19.1. The molecular weight excluding hydrogens is 379 g/mol. The summed E-state index contributed by atoms with van der Waals surface area (Å²) in [6.07, 6.45) is 2.55. The second kappa shape index (κ2) is 10.9. The Morgan fingerprint density at radius 1 is 1.23 bits per heavy atom. The second-order valence-electron chi connectivity index (χ2n) is 7.59. The molecule has 1 fully saturated rings. The lowest BCUT2D eigenvalue weighted by Gasteiger charge is -2.20. The number of guanidine groups is 1. The number of hydrogen-bond donors (Lipinski definition) is 2. The first-order chi connectivity index (χ1) is 14.6. The van der Waals surface area contributed by atoms with Crippen LogP contribution in [0.1, 0.15) is 31.4 Å². The third-order valence-electron chi connectivity index (χ3n) is 5.54. The third-order valence-corrected chi connectivity index (χ3v) is 5.54. The number of pyridine rings is 1. The maximum atomic E-state index is 14.0. The van der Waals surface area contributed by atoms with Gasteiger partial charge in [0.1, 0.15) is 0 Å². The quantitative estimate of drug-likeness (QED) is 0.516. The SMILES string of the molecule is CCN(CC)Cc1cccc(CNC(=NC)NC2CCN(c3ncccc3F)C2)c1. The molecule has 0 saturated carbocycles. The topological polar surface area (TPSA) is 55.8 Å². The summed E-state index contributed by atoms with van der Waals surface area (Å²) in [5, 5.41) is 6.86. The Hall–Kier alpha value is -2.67. The second-order valence-corrected chi connectivity index (χ2v) is 7.59. The van der Waals surface area contributed by atoms with E-state index in [9.17, 15) is 4.39 Å². The van der Waals surface area contributed by atoms with E-state index in [1.165, 1.54) is 17.2 Å². The summed E-state index contributed by atoms with van der Waals surface area (Å²) in [5.74, 6) is 0.914. The molecule has 0 aliphatic carbocycles. The molecule has 3 rings (SSSR count). The van der Waals surface area contributed by atoms with Crippen LogP contribution in [-0.2, 0) is 13.1 Å². The van der Waals surface area contributed by atoms with Gasteiger partial charge < -0.3 is 15.5 Å². The van der Waals surface area contributed by atoms with E-state index in [2.05, 4.69) is 63.6 Å². The van der Waals surface area contributed by atoms with Crippen molar-refractivity contribution in [3.8, 4) is 0 Å². The van der Waals surface area contributed by atoms with Gasteiger partial charge in [-0.05, 0) is 42.8 Å². The maximum Gasteiger partial charge on any atom is 0.191 e. The number of anilines is 1. The van der Waals surface area contributed by atoms with Crippen LogP contribution >= 0.6 is 0 Å². The first kappa shape index (κ1) is 22.0. The number of hydrogen-bond acceptors (Lipinski definition) is 4. The van der Waals surface area contributed by atoms with Crippen molar-refractivity contribution in [1.82, 2.24) is 20.5 Å². The number of nitrogens with one attached hydrogen (secondary N) is 2. The van der Waals surface area contributed by atoms with Crippen LogP contribution in [0.25, 0.3) is 0 Å². The Bertz CT molecular complexity index is 836. The maximum absolute atomic E-state index is 14.0. The molecule has 1 saturated heterocycles. The molecule has 0 amide bonds. The summed E-state index contributed by atoms with van der Waals surface area (Å²) < 4.78 is 14.0. The van der Waals surface area contributed by atoms with Crippen molar-refractivity contribution in [3.05, 3.63) is 59.5 Å². The van der Waals surface area contributed by atoms with Crippen molar-refractivity contribution in [1.29, 1.82) is 0 Å². The molecule has 6 nitrogen and oxygen atoms in total. The van der Waals surface area contributed by atoms with Crippen LogP contribution in [0, 0.1) is 5.82 Å². The van der Waals surface area contributed by atoms with Gasteiger partial charge in [-0.1, -0.05) is 38.1 Å². The molecule has 0 radical (unpaired) electrons. The minimum absolute atomic E-state index is 0.201. The molecule has 2 aromatic rings. The highest BCUT2D eigenvalue weighted by Gasteiger charge is 2.25. The lowest BCUT2D eigenvalue weighted by Crippen LogP contribution is -2.44. The van der Waals surface area contributed by atoms with E-state index in [0.717, 1.165) is 38.6 Å². The smallest absolute Gasteiger partial charge is 0.191 e. The zero-order valence-corrected chi connectivity index (χ0v) is 18.2. The van der Waals surface area contributed by atoms with Crippen molar-refractivity contribution in [2.24, 2.45) is 4.99 Å². The Morgan fingerprint density at radius 3 is 2.77 bits per heavy atom. The predicted octanol–water partition coefficient (Wildman–Crippen LogP) is 3.01. The molecule has 1 aromatic heterocycles. The van der Waals surface area contributed by atoms with Gasteiger partial charge in [0.05, 0.1) is 0 Å². The van der Waals surface area contributed by atoms with Crippen molar-refractivity contribution in [2.75, 3.05) is 38.1 Å². The van der Waals surface area contributed by atoms with Gasteiger partial charge in [0.25, 0.3) is 0 Å². The van der Waals surface area contributed by atoms with Crippen LogP contribution in [0.5, 0.6) is 0 Å². The highest BCUT2D eigenvalue weighted by molar-refractivity contribution is 5.80. The van der Waals surface area contributed by atoms with Crippen LogP contribution < -0.4 is 15.5 Å². The van der Waals surface area contributed by atoms with Gasteiger partial charge in [0.15, 0.2) is 17.6 Å². The number of halogens is 1. The number of aromatic nitrogens is 1. The molecule has 1 atom stereocenters. The first-order valence-corrected chi connectivity index (χ1v) is 10.8. The van der Waals surface area contributed by atoms with Crippen LogP contribution in [0.3, 0.4) is 0 Å². The zero-order chi connectivity index (χ0) is 21.3. The molecule has 0 spiro atoms. The molecule has 162 valence electrons. The van der Waals surface area contributed by atoms with Gasteiger partial charge in [-0.3, -0.25) is 9.89 Å². The Balaban J connectivity index is 1.51. The fourth-order valence-electron chi connectivity index (χ4n) is 3.80. The molecule has 2 heterocycles. The average Bonchev–Trinajstić information content (AvgIpc) is 3.23. The predicted molar refractivity (Wildman–Crippen MR) is 121 cm³/mol. The van der Waals surface area contributed by atoms with E-state index >= 15 is 0 Å². The minimum Gasteiger partial charge on any atom is -0.352 e. The van der Waals surface area contributed by atoms with Crippen molar-refractivity contribution in [2.45, 2.75) is 39.4 Å². The molecule has 1 unspecified atom stereocenters. The minimum atomic E-state index is -0.273. The zero-order valence-electron chi connectivity index (χ0n) is 18.2. The number of aliphatic imine (C=N–C) groups is 1. The van der Waals surface area contributed by atoms with Crippen molar-refractivity contribution >= 4 is 11.8 Å². The molecule has 1 aliphatic rings. The van der Waals surface area contributed by atoms with Crippen LogP contribution in [0.4, 0.5) is 10.2 Å². The number of nitrogens with zero attached hydrogens (tertiary/aromatic N) is 4. The largest absolute Gasteiger partial charge is 0.352 e. The van der Waals surface area contributed by atoms with E-state index in [4.69, 9.17) is 0 Å². The van der Waals surface area contributed by atoms with Gasteiger partial charge in [0, 0.05) is 45.5 Å². The Morgan fingerprint density at radius 2 is 2.03 bits per heavy atom. The van der Waals surface area contributed by atoms with Crippen molar-refractivity contribution in [3.63, 3.8) is 0 Å². The summed E-state index contributed by atoms with van der Waals surface area (Å²) in [7, 11) is 1.78. The summed E-state index contributed by atoms with van der Waals surface area (Å²) in [6.45, 7) is 9.64. The fourth-order valence-corrected chi connectivity index (χ4v) is 3.80. The monoisotopic (exact) mass is 412 g/mol. The van der Waals surface area contributed by atoms with E-state index < -0.39 is 0 Å². The van der Waals surface area contributed by atoms with E-state index in [1.54, 1.807) is 19.3 Å². The van der Waals surface area contributed by atoms with Crippen molar-refractivity contribution < 1.29 is 4.39 Å². The number of benzene rings is 1. The summed E-state index contributed by atoms with van der Waals surface area (Å²) >= 11 is 0. The third kappa shape index (κ3) is 5.92. The van der Waals surface area contributed by atoms with Gasteiger partial charge in [-0.25, -0.2) is 9.37 Å². The van der Waals surface area contributed by atoms with E-state index in [1.807, 2.05) is 4.90 Å². The van der Waals surface area contributed by atoms with Crippen LogP contribution in [0.15, 0.2) is 47.6 Å². The van der Waals surface area contributed by atoms with E-state index in [-0.39, 0.29) is 11.9 Å². The normalized spacial score (nSPS) is 16.9. The molecule has 1 aromatic carbocycles. The van der Waals surface area contributed by atoms with Gasteiger partial charge in [0.2, 0.25) is 0 Å². The molecule has 2 N–H and O–H groups in total. The molecule has 7 heteroatoms. The van der Waals surface area contributed by atoms with Gasteiger partial charge >= 0.3 is 0 Å². The molecule has 0 bridgehead atoms. The first-order valence-electron chi connectivity index (χ1n) is 10.8.